The van der Waals surface area contributed by atoms with Crippen molar-refractivity contribution < 1.29 is 38.3 Å². The molecule has 4 aliphatic carbocycles. The molecule has 6 fully saturated rings. The smallest absolute Gasteiger partial charge is 0.431 e. The van der Waals surface area contributed by atoms with Gasteiger partial charge in [-0.3, -0.25) is 0 Å². The van der Waals surface area contributed by atoms with Crippen LogP contribution in [0, 0.1) is 17.8 Å². The molecule has 0 amide bonds. The molecular formula is C29H46O8. The fourth-order valence-corrected chi connectivity index (χ4v) is 8.02. The van der Waals surface area contributed by atoms with E-state index in [4.69, 9.17) is 28.4 Å². The Morgan fingerprint density at radius 2 is 1.32 bits per heavy atom. The van der Waals surface area contributed by atoms with Crippen LogP contribution in [0.15, 0.2) is 0 Å². The fourth-order valence-electron chi connectivity index (χ4n) is 8.02. The minimum Gasteiger partial charge on any atom is -0.431 e. The fraction of sp³-hybridized carbons (Fsp3) is 0.966. The first-order valence-corrected chi connectivity index (χ1v) is 15.0. The molecule has 37 heavy (non-hydrogen) atoms. The third-order valence-electron chi connectivity index (χ3n) is 10.0. The lowest BCUT2D eigenvalue weighted by Crippen LogP contribution is -2.62. The first-order valence-electron chi connectivity index (χ1n) is 15.0. The summed E-state index contributed by atoms with van der Waals surface area (Å²) < 4.78 is 38.2. The molecule has 0 unspecified atom stereocenters. The predicted molar refractivity (Wildman–Crippen MR) is 134 cm³/mol. The average Bonchev–Trinajstić information content (AvgIpc) is 3.41. The van der Waals surface area contributed by atoms with Gasteiger partial charge in [-0.25, -0.2) is 4.79 Å². The average molecular weight is 523 g/mol. The van der Waals surface area contributed by atoms with Crippen LogP contribution in [-0.4, -0.2) is 65.6 Å². The van der Waals surface area contributed by atoms with E-state index in [2.05, 4.69) is 20.8 Å². The summed E-state index contributed by atoms with van der Waals surface area (Å²) in [5.74, 6) is -0.161. The van der Waals surface area contributed by atoms with Crippen molar-refractivity contribution in [2.24, 2.45) is 17.8 Å². The van der Waals surface area contributed by atoms with Gasteiger partial charge >= 0.3 is 6.16 Å². The summed E-state index contributed by atoms with van der Waals surface area (Å²) >= 11 is 0. The molecule has 2 saturated heterocycles. The van der Waals surface area contributed by atoms with E-state index >= 15 is 0 Å². The maximum Gasteiger partial charge on any atom is 0.509 e. The van der Waals surface area contributed by atoms with Gasteiger partial charge in [0, 0.05) is 25.7 Å². The van der Waals surface area contributed by atoms with Crippen molar-refractivity contribution in [3.05, 3.63) is 0 Å². The third-order valence-corrected chi connectivity index (χ3v) is 10.0. The lowest BCUT2D eigenvalue weighted by atomic mass is 9.75. The highest BCUT2D eigenvalue weighted by Crippen LogP contribution is 2.52. The van der Waals surface area contributed by atoms with Crippen LogP contribution in [0.3, 0.4) is 0 Å². The minimum atomic E-state index is -1.08. The molecule has 9 atom stereocenters. The van der Waals surface area contributed by atoms with Gasteiger partial charge in [-0.1, -0.05) is 40.0 Å². The number of aliphatic hydroxyl groups excluding tert-OH is 1. The molecule has 0 radical (unpaired) electrons. The number of ether oxygens (including phenoxy) is 6. The Kier molecular flexibility index (Phi) is 7.27. The van der Waals surface area contributed by atoms with Gasteiger partial charge in [-0.2, -0.15) is 0 Å². The summed E-state index contributed by atoms with van der Waals surface area (Å²) in [6.07, 6.45) is 7.64. The van der Waals surface area contributed by atoms with Crippen LogP contribution in [0.1, 0.15) is 104 Å². The minimum absolute atomic E-state index is 0.178. The largest absolute Gasteiger partial charge is 0.509 e. The first-order chi connectivity index (χ1) is 17.8. The molecule has 0 aromatic rings. The molecule has 8 nitrogen and oxygen atoms in total. The van der Waals surface area contributed by atoms with E-state index in [0.717, 1.165) is 83.5 Å². The van der Waals surface area contributed by atoms with E-state index in [1.165, 1.54) is 0 Å². The standard InChI is InChI=1S/C29H46O8/c1-17(2)19-11-10-18(3)16-20(19)32-27(31)33-22-21(30)23-25(36-28(34-23)12-6-4-7-13-28)26-24(22)35-29(37-26)14-8-5-9-15-29/h17-26,30H,4-16H2,1-3H3/t18-,19+,20-,21+,22-,23+,24-,25-,26-/m1/s1. The molecular weight excluding hydrogens is 476 g/mol. The zero-order valence-corrected chi connectivity index (χ0v) is 22.8. The molecule has 4 saturated carbocycles. The summed E-state index contributed by atoms with van der Waals surface area (Å²) in [6, 6.07) is 0. The maximum absolute atomic E-state index is 13.2. The van der Waals surface area contributed by atoms with Gasteiger partial charge in [0.1, 0.15) is 36.6 Å². The van der Waals surface area contributed by atoms with E-state index in [1.54, 1.807) is 0 Å². The second-order valence-corrected chi connectivity index (χ2v) is 13.1. The third kappa shape index (κ3) is 4.94. The van der Waals surface area contributed by atoms with Crippen LogP contribution in [0.5, 0.6) is 0 Å². The maximum atomic E-state index is 13.2. The van der Waals surface area contributed by atoms with Crippen molar-refractivity contribution in [1.82, 2.24) is 0 Å². The Morgan fingerprint density at radius 3 is 1.92 bits per heavy atom. The summed E-state index contributed by atoms with van der Waals surface area (Å²) in [5.41, 5.74) is 0. The van der Waals surface area contributed by atoms with Crippen molar-refractivity contribution in [2.45, 2.75) is 159 Å². The molecule has 6 aliphatic rings. The second kappa shape index (κ2) is 10.2. The Morgan fingerprint density at radius 1 is 0.784 bits per heavy atom. The highest BCUT2D eigenvalue weighted by Gasteiger charge is 2.67. The summed E-state index contributed by atoms with van der Waals surface area (Å²) in [6.45, 7) is 6.58. The number of hydrogen-bond acceptors (Lipinski definition) is 8. The SMILES string of the molecule is CC(C)[C@@H]1CC[C@@H](C)C[C@H]1OC(=O)O[C@@H]1[C@H](O)[C@@H]2OC3(CCCCC3)O[C@H]2[C@@H]2OC3(CCCCC3)O[C@@H]21. The quantitative estimate of drug-likeness (QED) is 0.504. The monoisotopic (exact) mass is 522 g/mol. The van der Waals surface area contributed by atoms with Crippen LogP contribution in [0.25, 0.3) is 0 Å². The van der Waals surface area contributed by atoms with Crippen molar-refractivity contribution >= 4 is 6.16 Å². The van der Waals surface area contributed by atoms with Gasteiger partial charge in [0.2, 0.25) is 0 Å². The summed E-state index contributed by atoms with van der Waals surface area (Å²) in [7, 11) is 0. The molecule has 0 aromatic carbocycles. The zero-order chi connectivity index (χ0) is 25.8. The second-order valence-electron chi connectivity index (χ2n) is 13.1. The summed E-state index contributed by atoms with van der Waals surface area (Å²) in [4.78, 5) is 13.2. The Labute approximate surface area is 221 Å². The number of hydrogen-bond donors (Lipinski definition) is 1. The molecule has 0 bridgehead atoms. The number of carbonyl (C=O) groups is 1. The lowest BCUT2D eigenvalue weighted by molar-refractivity contribution is -0.225. The van der Waals surface area contributed by atoms with Crippen molar-refractivity contribution in [2.75, 3.05) is 0 Å². The van der Waals surface area contributed by atoms with E-state index in [1.807, 2.05) is 0 Å². The van der Waals surface area contributed by atoms with Gasteiger partial charge in [0.25, 0.3) is 0 Å². The van der Waals surface area contributed by atoms with Crippen LogP contribution in [-0.2, 0) is 28.4 Å². The van der Waals surface area contributed by atoms with Crippen LogP contribution < -0.4 is 0 Å². The topological polar surface area (TPSA) is 92.7 Å². The molecule has 0 aromatic heterocycles. The molecule has 8 heteroatoms. The van der Waals surface area contributed by atoms with E-state index in [0.29, 0.717) is 17.8 Å². The molecule has 6 rings (SSSR count). The molecule has 2 aliphatic heterocycles. The molecule has 2 spiro atoms. The van der Waals surface area contributed by atoms with Gasteiger partial charge < -0.3 is 33.5 Å². The highest BCUT2D eigenvalue weighted by molar-refractivity contribution is 5.60. The van der Waals surface area contributed by atoms with Crippen LogP contribution in [0.2, 0.25) is 0 Å². The highest BCUT2D eigenvalue weighted by atomic mass is 16.8. The van der Waals surface area contributed by atoms with Gasteiger partial charge in [0.15, 0.2) is 17.7 Å². The van der Waals surface area contributed by atoms with Crippen molar-refractivity contribution in [3.8, 4) is 0 Å². The van der Waals surface area contributed by atoms with Crippen molar-refractivity contribution in [1.29, 1.82) is 0 Å². The van der Waals surface area contributed by atoms with Crippen molar-refractivity contribution in [3.63, 3.8) is 0 Å². The predicted octanol–water partition coefficient (Wildman–Crippen LogP) is 5.23. The number of fused-ring (bicyclic) bond motifs is 3. The van der Waals surface area contributed by atoms with Gasteiger partial charge in [-0.05, 0) is 56.3 Å². The normalized spacial score (nSPS) is 44.5. The zero-order valence-electron chi connectivity index (χ0n) is 22.8. The van der Waals surface area contributed by atoms with Crippen LogP contribution in [0.4, 0.5) is 4.79 Å². The van der Waals surface area contributed by atoms with Gasteiger partial charge in [0.05, 0.1) is 0 Å². The van der Waals surface area contributed by atoms with E-state index in [9.17, 15) is 9.90 Å². The number of carbonyl (C=O) groups excluding carboxylic acids is 1. The molecule has 2 heterocycles. The lowest BCUT2D eigenvalue weighted by Gasteiger charge is -2.40. The number of aliphatic hydroxyl groups is 1. The molecule has 210 valence electrons. The van der Waals surface area contributed by atoms with Crippen LogP contribution >= 0.6 is 0 Å². The number of rotatable bonds is 3. The van der Waals surface area contributed by atoms with E-state index < -0.39 is 54.4 Å². The van der Waals surface area contributed by atoms with Gasteiger partial charge in [-0.15, -0.1) is 0 Å². The Bertz CT molecular complexity index is 819. The Hall–Kier alpha value is -0.930. The first kappa shape index (κ1) is 26.3. The Balaban J connectivity index is 1.22. The van der Waals surface area contributed by atoms with E-state index in [-0.39, 0.29) is 6.10 Å². The molecule has 1 N–H and O–H groups in total. The summed E-state index contributed by atoms with van der Waals surface area (Å²) in [5, 5.41) is 11.6.